The van der Waals surface area contributed by atoms with E-state index in [0.717, 1.165) is 19.2 Å². The molecular weight excluding hydrogens is 313 g/mol. The molecule has 0 spiro atoms. The van der Waals surface area contributed by atoms with E-state index in [1.54, 1.807) is 0 Å². The van der Waals surface area contributed by atoms with Crippen molar-refractivity contribution in [3.8, 4) is 0 Å². The van der Waals surface area contributed by atoms with Crippen LogP contribution in [0.4, 0.5) is 13.2 Å². The maximum atomic E-state index is 13.3. The Morgan fingerprint density at radius 2 is 2.10 bits per heavy atom. The van der Waals surface area contributed by atoms with E-state index in [4.69, 9.17) is 16.7 Å². The summed E-state index contributed by atoms with van der Waals surface area (Å²) in [7, 11) is 0. The molecule has 1 unspecified atom stereocenters. The van der Waals surface area contributed by atoms with Crippen LogP contribution in [0.2, 0.25) is 5.15 Å². The third-order valence-electron chi connectivity index (χ3n) is 3.00. The van der Waals surface area contributed by atoms with Crippen molar-refractivity contribution in [3.63, 3.8) is 0 Å². The van der Waals surface area contributed by atoms with Gasteiger partial charge in [0.15, 0.2) is 0 Å². The summed E-state index contributed by atoms with van der Waals surface area (Å²) in [6.07, 6.45) is -3.81. The number of pyridine rings is 2. The van der Waals surface area contributed by atoms with Gasteiger partial charge in [-0.2, -0.15) is 13.2 Å². The second kappa shape index (κ2) is 5.03. The van der Waals surface area contributed by atoms with Gasteiger partial charge in [0.1, 0.15) is 5.15 Å². The Morgan fingerprint density at radius 3 is 2.62 bits per heavy atom. The molecule has 0 amide bonds. The number of alkyl halides is 3. The zero-order valence-electron chi connectivity index (χ0n) is 10.5. The lowest BCUT2D eigenvalue weighted by Gasteiger charge is -2.17. The van der Waals surface area contributed by atoms with Gasteiger partial charge in [-0.25, -0.2) is 4.98 Å². The number of carboxylic acid groups (broad SMARTS) is 1. The molecule has 2 aromatic rings. The van der Waals surface area contributed by atoms with Crippen LogP contribution < -0.4 is 5.56 Å². The molecule has 2 rings (SSSR count). The number of H-pyrrole nitrogens is 1. The molecule has 5 nitrogen and oxygen atoms in total. The fourth-order valence-corrected chi connectivity index (χ4v) is 2.30. The summed E-state index contributed by atoms with van der Waals surface area (Å²) in [5.41, 5.74) is -3.53. The molecule has 2 heterocycles. The fraction of sp³-hybridized carbons (Fsp3) is 0.250. The minimum absolute atomic E-state index is 0.159. The summed E-state index contributed by atoms with van der Waals surface area (Å²) in [4.78, 5) is 28.6. The van der Waals surface area contributed by atoms with E-state index >= 15 is 0 Å². The van der Waals surface area contributed by atoms with Crippen molar-refractivity contribution in [2.24, 2.45) is 0 Å². The van der Waals surface area contributed by atoms with Crippen LogP contribution in [-0.4, -0.2) is 21.0 Å². The Bertz CT molecular complexity index is 786. The van der Waals surface area contributed by atoms with Crippen molar-refractivity contribution in [1.29, 1.82) is 0 Å². The lowest BCUT2D eigenvalue weighted by molar-refractivity contribution is -0.140. The molecule has 0 fully saturated rings. The van der Waals surface area contributed by atoms with Crippen LogP contribution >= 0.6 is 11.6 Å². The number of carbonyl (C=O) groups is 1. The first kappa shape index (κ1) is 15.3. The lowest BCUT2D eigenvalue weighted by atomic mass is 9.94. The number of aromatic amines is 1. The number of rotatable bonds is 2. The monoisotopic (exact) mass is 320 g/mol. The normalized spacial score (nSPS) is 13.4. The highest BCUT2D eigenvalue weighted by atomic mass is 35.5. The zero-order valence-corrected chi connectivity index (χ0v) is 11.2. The van der Waals surface area contributed by atoms with Crippen molar-refractivity contribution in [3.05, 3.63) is 38.9 Å². The van der Waals surface area contributed by atoms with Gasteiger partial charge in [-0.15, -0.1) is 0 Å². The Balaban J connectivity index is 3.04. The number of carboxylic acids is 1. The van der Waals surface area contributed by atoms with Gasteiger partial charge in [0, 0.05) is 17.1 Å². The van der Waals surface area contributed by atoms with Gasteiger partial charge in [0.25, 0.3) is 5.56 Å². The van der Waals surface area contributed by atoms with Crippen molar-refractivity contribution in [2.45, 2.75) is 19.0 Å². The third kappa shape index (κ3) is 2.58. The highest BCUT2D eigenvalue weighted by Gasteiger charge is 2.40. The Morgan fingerprint density at radius 1 is 1.48 bits per heavy atom. The van der Waals surface area contributed by atoms with Gasteiger partial charge in [0.05, 0.1) is 17.0 Å². The van der Waals surface area contributed by atoms with Crippen LogP contribution in [0.3, 0.4) is 0 Å². The molecule has 0 saturated heterocycles. The van der Waals surface area contributed by atoms with Crippen LogP contribution in [0.5, 0.6) is 0 Å². The number of nitrogens with zero attached hydrogens (tertiary/aromatic N) is 1. The molecule has 0 aromatic carbocycles. The van der Waals surface area contributed by atoms with E-state index in [0.29, 0.717) is 0 Å². The standard InChI is InChI=1S/C12H8ClF3N2O3/c1-4(11(20)21)6-8(12(14,15)16)7-5(18-10(6)19)2-3-17-9(7)13/h2-4H,1H3,(H,18,19)(H,20,21). The molecule has 0 aliphatic heterocycles. The second-order valence-electron chi connectivity index (χ2n) is 4.32. The molecular formula is C12H8ClF3N2O3. The first-order valence-electron chi connectivity index (χ1n) is 5.65. The molecule has 0 radical (unpaired) electrons. The third-order valence-corrected chi connectivity index (χ3v) is 3.29. The summed E-state index contributed by atoms with van der Waals surface area (Å²) in [6, 6.07) is 1.16. The summed E-state index contributed by atoms with van der Waals surface area (Å²) in [6.45, 7) is 0.998. The first-order chi connectivity index (χ1) is 9.64. The summed E-state index contributed by atoms with van der Waals surface area (Å²) < 4.78 is 40.0. The minimum atomic E-state index is -4.95. The number of fused-ring (bicyclic) bond motifs is 1. The smallest absolute Gasteiger partial charge is 0.417 e. The molecule has 2 aromatic heterocycles. The van der Waals surface area contributed by atoms with E-state index < -0.39 is 45.3 Å². The van der Waals surface area contributed by atoms with Gasteiger partial charge in [-0.3, -0.25) is 9.59 Å². The first-order valence-corrected chi connectivity index (χ1v) is 6.02. The highest BCUT2D eigenvalue weighted by Crippen LogP contribution is 2.39. The highest BCUT2D eigenvalue weighted by molar-refractivity contribution is 6.34. The van der Waals surface area contributed by atoms with Gasteiger partial charge < -0.3 is 10.1 Å². The van der Waals surface area contributed by atoms with Crippen molar-refractivity contribution in [2.75, 3.05) is 0 Å². The van der Waals surface area contributed by atoms with Crippen LogP contribution in [0.15, 0.2) is 17.1 Å². The zero-order chi connectivity index (χ0) is 15.9. The Hall–Kier alpha value is -2.09. The molecule has 112 valence electrons. The number of hydrogen-bond donors (Lipinski definition) is 2. The van der Waals surface area contributed by atoms with Gasteiger partial charge in [-0.05, 0) is 13.0 Å². The lowest BCUT2D eigenvalue weighted by Crippen LogP contribution is -2.26. The average molecular weight is 321 g/mol. The van der Waals surface area contributed by atoms with E-state index in [-0.39, 0.29) is 5.52 Å². The number of aliphatic carboxylic acids is 1. The number of nitrogens with one attached hydrogen (secondary N) is 1. The maximum absolute atomic E-state index is 13.3. The van der Waals surface area contributed by atoms with Crippen molar-refractivity contribution < 1.29 is 23.1 Å². The molecule has 9 heteroatoms. The van der Waals surface area contributed by atoms with E-state index in [1.165, 1.54) is 0 Å². The largest absolute Gasteiger partial charge is 0.481 e. The minimum Gasteiger partial charge on any atom is -0.481 e. The summed E-state index contributed by atoms with van der Waals surface area (Å²) >= 11 is 5.70. The number of aromatic nitrogens is 2. The van der Waals surface area contributed by atoms with Gasteiger partial charge in [-0.1, -0.05) is 11.6 Å². The molecule has 0 aliphatic rings. The molecule has 0 aliphatic carbocycles. The predicted molar refractivity (Wildman–Crippen MR) is 68.4 cm³/mol. The summed E-state index contributed by atoms with van der Waals surface area (Å²) in [5.74, 6) is -3.20. The topological polar surface area (TPSA) is 83.0 Å². The van der Waals surface area contributed by atoms with E-state index in [1.807, 2.05) is 0 Å². The average Bonchev–Trinajstić information content (AvgIpc) is 2.35. The van der Waals surface area contributed by atoms with E-state index in [9.17, 15) is 22.8 Å². The fourth-order valence-electron chi connectivity index (χ4n) is 2.05. The van der Waals surface area contributed by atoms with Crippen LogP contribution in [-0.2, 0) is 11.0 Å². The SMILES string of the molecule is CC(C(=O)O)c1c(C(F)(F)F)c2c(Cl)nccc2[nH]c1=O. The maximum Gasteiger partial charge on any atom is 0.417 e. The quantitative estimate of drug-likeness (QED) is 0.833. The Kier molecular flexibility index (Phi) is 3.66. The molecule has 0 saturated carbocycles. The number of halogens is 4. The van der Waals surface area contributed by atoms with E-state index in [2.05, 4.69) is 9.97 Å². The molecule has 2 N–H and O–H groups in total. The molecule has 21 heavy (non-hydrogen) atoms. The Labute approximate surface area is 120 Å². The number of hydrogen-bond acceptors (Lipinski definition) is 3. The second-order valence-corrected chi connectivity index (χ2v) is 4.68. The van der Waals surface area contributed by atoms with Crippen molar-refractivity contribution in [1.82, 2.24) is 9.97 Å². The van der Waals surface area contributed by atoms with Crippen LogP contribution in [0.1, 0.15) is 24.0 Å². The van der Waals surface area contributed by atoms with Gasteiger partial charge in [0.2, 0.25) is 0 Å². The van der Waals surface area contributed by atoms with Crippen LogP contribution in [0, 0.1) is 0 Å². The van der Waals surface area contributed by atoms with Gasteiger partial charge >= 0.3 is 12.1 Å². The van der Waals surface area contributed by atoms with Crippen LogP contribution in [0.25, 0.3) is 10.9 Å². The molecule has 1 atom stereocenters. The summed E-state index contributed by atoms with van der Waals surface area (Å²) in [5, 5.41) is 7.94. The predicted octanol–water partition coefficient (Wildman–Crippen LogP) is 2.78. The molecule has 0 bridgehead atoms. The van der Waals surface area contributed by atoms with Crippen molar-refractivity contribution >= 4 is 28.5 Å².